The minimum absolute atomic E-state index is 0.474. The summed E-state index contributed by atoms with van der Waals surface area (Å²) < 4.78 is 0. The van der Waals surface area contributed by atoms with Gasteiger partial charge in [-0.15, -0.1) is 11.8 Å². The van der Waals surface area contributed by atoms with Crippen molar-refractivity contribution in [3.63, 3.8) is 0 Å². The molecule has 0 aliphatic rings. The molecule has 0 bridgehead atoms. The highest BCUT2D eigenvalue weighted by atomic mass is 32.2. The third-order valence-electron chi connectivity index (χ3n) is 2.21. The normalized spacial score (nSPS) is 12.4. The van der Waals surface area contributed by atoms with Crippen molar-refractivity contribution in [1.29, 1.82) is 0 Å². The molecule has 1 atom stereocenters. The van der Waals surface area contributed by atoms with Crippen molar-refractivity contribution in [3.05, 3.63) is 29.8 Å². The summed E-state index contributed by atoms with van der Waals surface area (Å²) in [5.41, 5.74) is 1.25. The van der Waals surface area contributed by atoms with Crippen LogP contribution in [0.2, 0.25) is 0 Å². The van der Waals surface area contributed by atoms with Gasteiger partial charge in [-0.2, -0.15) is 0 Å². The van der Waals surface area contributed by atoms with Crippen LogP contribution >= 0.6 is 11.8 Å². The highest BCUT2D eigenvalue weighted by Gasteiger charge is 2.08. The Labute approximate surface area is 100 Å². The van der Waals surface area contributed by atoms with Crippen LogP contribution in [-0.2, 0) is 4.79 Å². The number of carboxylic acid groups (broad SMARTS) is 1. The summed E-state index contributed by atoms with van der Waals surface area (Å²) in [5.74, 6) is 0.0704. The Morgan fingerprint density at radius 3 is 2.62 bits per heavy atom. The zero-order valence-corrected chi connectivity index (χ0v) is 10.4. The molecule has 0 saturated carbocycles. The lowest BCUT2D eigenvalue weighted by Crippen LogP contribution is -2.35. The molecule has 3 nitrogen and oxygen atoms in total. The second-order valence-corrected chi connectivity index (χ2v) is 4.84. The molecular formula is C12H17NO2S. The van der Waals surface area contributed by atoms with Gasteiger partial charge in [0.15, 0.2) is 0 Å². The lowest BCUT2D eigenvalue weighted by Gasteiger charge is -2.08. The van der Waals surface area contributed by atoms with Crippen molar-refractivity contribution in [3.8, 4) is 0 Å². The predicted molar refractivity (Wildman–Crippen MR) is 67.0 cm³/mol. The van der Waals surface area contributed by atoms with E-state index >= 15 is 0 Å². The SMILES string of the molecule is Cc1ccc(SCCNC(C)C(=O)O)cc1. The van der Waals surface area contributed by atoms with E-state index in [1.54, 1.807) is 18.7 Å². The molecule has 0 heterocycles. The maximum atomic E-state index is 10.5. The van der Waals surface area contributed by atoms with Crippen molar-refractivity contribution in [2.24, 2.45) is 0 Å². The zero-order valence-electron chi connectivity index (χ0n) is 9.56. The molecule has 0 radical (unpaired) electrons. The molecule has 1 unspecified atom stereocenters. The van der Waals surface area contributed by atoms with Gasteiger partial charge in [0.05, 0.1) is 0 Å². The van der Waals surface area contributed by atoms with E-state index in [0.717, 1.165) is 5.75 Å². The van der Waals surface area contributed by atoms with Gasteiger partial charge in [-0.25, -0.2) is 0 Å². The van der Waals surface area contributed by atoms with Crippen LogP contribution in [0.3, 0.4) is 0 Å². The molecule has 2 N–H and O–H groups in total. The molecule has 0 aromatic heterocycles. The van der Waals surface area contributed by atoms with E-state index < -0.39 is 12.0 Å². The Kier molecular flexibility index (Phi) is 5.35. The Hall–Kier alpha value is -1.00. The number of hydrogen-bond acceptors (Lipinski definition) is 3. The first-order valence-electron chi connectivity index (χ1n) is 5.25. The molecule has 0 amide bonds. The second-order valence-electron chi connectivity index (χ2n) is 3.68. The van der Waals surface area contributed by atoms with Crippen LogP contribution in [0.15, 0.2) is 29.2 Å². The van der Waals surface area contributed by atoms with Crippen LogP contribution in [-0.4, -0.2) is 29.4 Å². The Morgan fingerprint density at radius 1 is 1.44 bits per heavy atom. The molecule has 88 valence electrons. The van der Waals surface area contributed by atoms with Gasteiger partial charge in [-0.05, 0) is 26.0 Å². The van der Waals surface area contributed by atoms with Crippen LogP contribution in [0.4, 0.5) is 0 Å². The van der Waals surface area contributed by atoms with Gasteiger partial charge in [0.1, 0.15) is 6.04 Å². The maximum Gasteiger partial charge on any atom is 0.320 e. The van der Waals surface area contributed by atoms with Gasteiger partial charge in [0.2, 0.25) is 0 Å². The summed E-state index contributed by atoms with van der Waals surface area (Å²) in [7, 11) is 0. The molecular weight excluding hydrogens is 222 g/mol. The number of hydrogen-bond donors (Lipinski definition) is 2. The van der Waals surface area contributed by atoms with E-state index in [9.17, 15) is 4.79 Å². The molecule has 0 fully saturated rings. The van der Waals surface area contributed by atoms with Crippen molar-refractivity contribution in [2.75, 3.05) is 12.3 Å². The minimum atomic E-state index is -0.805. The molecule has 16 heavy (non-hydrogen) atoms. The van der Waals surface area contributed by atoms with Gasteiger partial charge < -0.3 is 10.4 Å². The highest BCUT2D eigenvalue weighted by molar-refractivity contribution is 7.99. The van der Waals surface area contributed by atoms with Crippen molar-refractivity contribution >= 4 is 17.7 Å². The number of thioether (sulfide) groups is 1. The van der Waals surface area contributed by atoms with Gasteiger partial charge in [0.25, 0.3) is 0 Å². The van der Waals surface area contributed by atoms with Crippen LogP contribution in [0.25, 0.3) is 0 Å². The third kappa shape index (κ3) is 4.68. The topological polar surface area (TPSA) is 49.3 Å². The standard InChI is InChI=1S/C12H17NO2S/c1-9-3-5-11(6-4-9)16-8-7-13-10(2)12(14)15/h3-6,10,13H,7-8H2,1-2H3,(H,14,15). The quantitative estimate of drug-likeness (QED) is 0.590. The largest absolute Gasteiger partial charge is 0.480 e. The van der Waals surface area contributed by atoms with E-state index in [2.05, 4.69) is 36.5 Å². The molecule has 1 aromatic rings. The fourth-order valence-electron chi connectivity index (χ4n) is 1.17. The first-order chi connectivity index (χ1) is 7.59. The van der Waals surface area contributed by atoms with Crippen LogP contribution in [0.5, 0.6) is 0 Å². The summed E-state index contributed by atoms with van der Waals surface area (Å²) in [4.78, 5) is 11.7. The molecule has 1 rings (SSSR count). The molecule has 0 saturated heterocycles. The van der Waals surface area contributed by atoms with E-state index in [-0.39, 0.29) is 0 Å². The lowest BCUT2D eigenvalue weighted by molar-refractivity contribution is -0.138. The molecule has 0 spiro atoms. The summed E-state index contributed by atoms with van der Waals surface area (Å²) in [6.07, 6.45) is 0. The average Bonchev–Trinajstić information content (AvgIpc) is 2.26. The van der Waals surface area contributed by atoms with Gasteiger partial charge in [0, 0.05) is 17.2 Å². The number of carboxylic acids is 1. The van der Waals surface area contributed by atoms with Gasteiger partial charge >= 0.3 is 5.97 Å². The van der Waals surface area contributed by atoms with Crippen LogP contribution in [0, 0.1) is 6.92 Å². The zero-order chi connectivity index (χ0) is 12.0. The summed E-state index contributed by atoms with van der Waals surface area (Å²) in [5, 5.41) is 11.6. The molecule has 1 aromatic carbocycles. The molecule has 0 aliphatic carbocycles. The number of aryl methyl sites for hydroxylation is 1. The summed E-state index contributed by atoms with van der Waals surface area (Å²) in [6, 6.07) is 7.85. The highest BCUT2D eigenvalue weighted by Crippen LogP contribution is 2.17. The minimum Gasteiger partial charge on any atom is -0.480 e. The Bertz CT molecular complexity index is 337. The predicted octanol–water partition coefficient (Wildman–Crippen LogP) is 2.15. The fourth-order valence-corrected chi connectivity index (χ4v) is 1.95. The van der Waals surface area contributed by atoms with E-state index in [1.165, 1.54) is 10.5 Å². The number of aliphatic carboxylic acids is 1. The molecule has 0 aliphatic heterocycles. The van der Waals surface area contributed by atoms with Crippen LogP contribution in [0.1, 0.15) is 12.5 Å². The van der Waals surface area contributed by atoms with Crippen molar-refractivity contribution < 1.29 is 9.90 Å². The van der Waals surface area contributed by atoms with Crippen LogP contribution < -0.4 is 5.32 Å². The number of nitrogens with one attached hydrogen (secondary N) is 1. The smallest absolute Gasteiger partial charge is 0.320 e. The number of benzene rings is 1. The van der Waals surface area contributed by atoms with Gasteiger partial charge in [-0.3, -0.25) is 4.79 Å². The van der Waals surface area contributed by atoms with E-state index in [1.807, 2.05) is 0 Å². The average molecular weight is 239 g/mol. The number of carbonyl (C=O) groups is 1. The number of rotatable bonds is 6. The third-order valence-corrected chi connectivity index (χ3v) is 3.23. The maximum absolute atomic E-state index is 10.5. The first-order valence-corrected chi connectivity index (χ1v) is 6.24. The second kappa shape index (κ2) is 6.55. The van der Waals surface area contributed by atoms with Crippen molar-refractivity contribution in [2.45, 2.75) is 24.8 Å². The van der Waals surface area contributed by atoms with E-state index in [4.69, 9.17) is 5.11 Å². The lowest BCUT2D eigenvalue weighted by atomic mass is 10.2. The van der Waals surface area contributed by atoms with Crippen molar-refractivity contribution in [1.82, 2.24) is 5.32 Å². The fraction of sp³-hybridized carbons (Fsp3) is 0.417. The monoisotopic (exact) mass is 239 g/mol. The van der Waals surface area contributed by atoms with E-state index in [0.29, 0.717) is 6.54 Å². The first kappa shape index (κ1) is 13.1. The summed E-state index contributed by atoms with van der Waals surface area (Å²) in [6.45, 7) is 4.41. The molecule has 4 heteroatoms. The summed E-state index contributed by atoms with van der Waals surface area (Å²) >= 11 is 1.73. The van der Waals surface area contributed by atoms with Gasteiger partial charge in [-0.1, -0.05) is 17.7 Å². The Balaban J connectivity index is 2.21. The Morgan fingerprint density at radius 2 is 2.06 bits per heavy atom.